The number of carbonyl (C=O) groups is 1. The van der Waals surface area contributed by atoms with E-state index in [1.54, 1.807) is 43.3 Å². The Kier molecular flexibility index (Phi) is 5.86. The first-order valence-electron chi connectivity index (χ1n) is 8.95. The molecule has 1 aromatic heterocycles. The Labute approximate surface area is 173 Å². The zero-order valence-electron chi connectivity index (χ0n) is 16.3. The van der Waals surface area contributed by atoms with Crippen molar-refractivity contribution >= 4 is 29.3 Å². The molecule has 146 valence electrons. The maximum absolute atomic E-state index is 13.2. The van der Waals surface area contributed by atoms with Crippen LogP contribution >= 0.6 is 11.6 Å². The van der Waals surface area contributed by atoms with Gasteiger partial charge in [-0.05, 0) is 80.4 Å². The molecular formula is C23H19ClFN3O. The molecule has 1 amide bonds. The predicted molar refractivity (Wildman–Crippen MR) is 114 cm³/mol. The van der Waals surface area contributed by atoms with E-state index < -0.39 is 5.91 Å². The zero-order valence-corrected chi connectivity index (χ0v) is 17.0. The van der Waals surface area contributed by atoms with E-state index in [4.69, 9.17) is 11.6 Å². The van der Waals surface area contributed by atoms with Gasteiger partial charge >= 0.3 is 0 Å². The van der Waals surface area contributed by atoms with E-state index in [0.717, 1.165) is 28.2 Å². The lowest BCUT2D eigenvalue weighted by Crippen LogP contribution is -2.14. The van der Waals surface area contributed by atoms with Crippen molar-refractivity contribution in [2.24, 2.45) is 0 Å². The second-order valence-electron chi connectivity index (χ2n) is 6.67. The van der Waals surface area contributed by atoms with Crippen LogP contribution in [0.5, 0.6) is 0 Å². The summed E-state index contributed by atoms with van der Waals surface area (Å²) in [6.07, 6.45) is 1.55. The lowest BCUT2D eigenvalue weighted by atomic mass is 10.1. The van der Waals surface area contributed by atoms with E-state index in [1.165, 1.54) is 12.1 Å². The summed E-state index contributed by atoms with van der Waals surface area (Å²) in [5.41, 5.74) is 4.55. The van der Waals surface area contributed by atoms with Gasteiger partial charge in [0, 0.05) is 27.8 Å². The van der Waals surface area contributed by atoms with E-state index in [9.17, 15) is 14.4 Å². The van der Waals surface area contributed by atoms with Crippen molar-refractivity contribution in [1.29, 1.82) is 5.26 Å². The van der Waals surface area contributed by atoms with Crippen molar-refractivity contribution in [2.45, 2.75) is 20.8 Å². The minimum Gasteiger partial charge on any atom is -0.321 e. The molecular weight excluding hydrogens is 389 g/mol. The number of rotatable bonds is 4. The summed E-state index contributed by atoms with van der Waals surface area (Å²) >= 11 is 6.09. The predicted octanol–water partition coefficient (Wildman–Crippen LogP) is 5.74. The van der Waals surface area contributed by atoms with Crippen LogP contribution in [0.2, 0.25) is 5.02 Å². The number of hydrogen-bond donors (Lipinski definition) is 1. The molecule has 4 nitrogen and oxygen atoms in total. The van der Waals surface area contributed by atoms with Gasteiger partial charge in [-0.2, -0.15) is 5.26 Å². The molecule has 0 saturated heterocycles. The van der Waals surface area contributed by atoms with Gasteiger partial charge in [0.25, 0.3) is 5.91 Å². The second kappa shape index (κ2) is 8.34. The van der Waals surface area contributed by atoms with Gasteiger partial charge in [0.15, 0.2) is 0 Å². The number of aryl methyl sites for hydroxylation is 1. The SMILES string of the molecule is Cc1c(Cl)cccc1NC(=O)/C(C#N)=C/c1cc(C)n(-c2ccc(F)cc2)c1C. The Balaban J connectivity index is 1.94. The summed E-state index contributed by atoms with van der Waals surface area (Å²) in [4.78, 5) is 12.6. The summed E-state index contributed by atoms with van der Waals surface area (Å²) in [5.74, 6) is -0.819. The smallest absolute Gasteiger partial charge is 0.266 e. The molecule has 0 spiro atoms. The largest absolute Gasteiger partial charge is 0.321 e. The third kappa shape index (κ3) is 4.23. The van der Waals surface area contributed by atoms with Crippen LogP contribution in [0.25, 0.3) is 11.8 Å². The molecule has 0 aliphatic carbocycles. The van der Waals surface area contributed by atoms with Gasteiger partial charge in [-0.15, -0.1) is 0 Å². The normalized spacial score (nSPS) is 11.2. The number of hydrogen-bond acceptors (Lipinski definition) is 2. The molecule has 3 rings (SSSR count). The number of anilines is 1. The van der Waals surface area contributed by atoms with Crippen LogP contribution in [0.15, 0.2) is 54.1 Å². The highest BCUT2D eigenvalue weighted by Crippen LogP contribution is 2.25. The number of aromatic nitrogens is 1. The molecule has 0 radical (unpaired) electrons. The molecule has 29 heavy (non-hydrogen) atoms. The van der Waals surface area contributed by atoms with Crippen LogP contribution in [0.1, 0.15) is 22.5 Å². The zero-order chi connectivity index (χ0) is 21.1. The average Bonchev–Trinajstić information content (AvgIpc) is 2.97. The quantitative estimate of drug-likeness (QED) is 0.442. The third-order valence-corrected chi connectivity index (χ3v) is 5.15. The van der Waals surface area contributed by atoms with Crippen molar-refractivity contribution < 1.29 is 9.18 Å². The monoisotopic (exact) mass is 407 g/mol. The molecule has 0 fully saturated rings. The molecule has 0 unspecified atom stereocenters. The van der Waals surface area contributed by atoms with Crippen molar-refractivity contribution in [1.82, 2.24) is 4.57 Å². The molecule has 1 heterocycles. The van der Waals surface area contributed by atoms with Crippen LogP contribution in [0, 0.1) is 37.9 Å². The molecule has 0 aliphatic rings. The van der Waals surface area contributed by atoms with Gasteiger partial charge < -0.3 is 9.88 Å². The summed E-state index contributed by atoms with van der Waals surface area (Å²) in [5, 5.41) is 12.8. The molecule has 0 atom stereocenters. The van der Waals surface area contributed by atoms with Crippen molar-refractivity contribution in [3.8, 4) is 11.8 Å². The lowest BCUT2D eigenvalue weighted by molar-refractivity contribution is -0.112. The Hall–Kier alpha value is -3.36. The summed E-state index contributed by atoms with van der Waals surface area (Å²) in [6.45, 7) is 5.59. The van der Waals surface area contributed by atoms with Crippen molar-refractivity contribution in [3.05, 3.63) is 87.5 Å². The number of nitriles is 1. The number of nitrogens with zero attached hydrogens (tertiary/aromatic N) is 2. The molecule has 1 N–H and O–H groups in total. The highest BCUT2D eigenvalue weighted by molar-refractivity contribution is 6.31. The number of benzene rings is 2. The first kappa shape index (κ1) is 20.4. The van der Waals surface area contributed by atoms with Crippen molar-refractivity contribution in [2.75, 3.05) is 5.32 Å². The Morgan fingerprint density at radius 1 is 1.17 bits per heavy atom. The minimum absolute atomic E-state index is 0.0243. The number of nitrogens with one attached hydrogen (secondary N) is 1. The fourth-order valence-electron chi connectivity index (χ4n) is 3.16. The maximum atomic E-state index is 13.2. The van der Waals surface area contributed by atoms with Gasteiger partial charge in [-0.3, -0.25) is 4.79 Å². The standard InChI is InChI=1S/C23H19ClFN3O/c1-14-11-17(16(3)28(14)20-9-7-19(25)8-10-20)12-18(13-26)23(29)27-22-6-4-5-21(24)15(22)2/h4-12H,1-3H3,(H,27,29)/b18-12+. The summed E-state index contributed by atoms with van der Waals surface area (Å²) in [6, 6.07) is 15.2. The Morgan fingerprint density at radius 3 is 2.52 bits per heavy atom. The highest BCUT2D eigenvalue weighted by atomic mass is 35.5. The molecule has 0 aliphatic heterocycles. The van der Waals surface area contributed by atoms with Gasteiger partial charge in [0.05, 0.1) is 0 Å². The van der Waals surface area contributed by atoms with E-state index in [1.807, 2.05) is 30.6 Å². The minimum atomic E-state index is -0.510. The topological polar surface area (TPSA) is 57.8 Å². The number of halogens is 2. The third-order valence-electron chi connectivity index (χ3n) is 4.74. The fraction of sp³-hybridized carbons (Fsp3) is 0.130. The fourth-order valence-corrected chi connectivity index (χ4v) is 3.33. The molecule has 6 heteroatoms. The molecule has 0 bridgehead atoms. The van der Waals surface area contributed by atoms with Crippen LogP contribution in [0.4, 0.5) is 10.1 Å². The van der Waals surface area contributed by atoms with Gasteiger partial charge in [0.1, 0.15) is 17.5 Å². The first-order chi connectivity index (χ1) is 13.8. The van der Waals surface area contributed by atoms with Crippen LogP contribution < -0.4 is 5.32 Å². The van der Waals surface area contributed by atoms with E-state index >= 15 is 0 Å². The maximum Gasteiger partial charge on any atom is 0.266 e. The molecule has 3 aromatic rings. The molecule has 2 aromatic carbocycles. The van der Waals surface area contributed by atoms with Gasteiger partial charge in [0.2, 0.25) is 0 Å². The summed E-state index contributed by atoms with van der Waals surface area (Å²) < 4.78 is 15.2. The first-order valence-corrected chi connectivity index (χ1v) is 9.32. The van der Waals surface area contributed by atoms with E-state index in [0.29, 0.717) is 10.7 Å². The van der Waals surface area contributed by atoms with Crippen molar-refractivity contribution in [3.63, 3.8) is 0 Å². The molecule has 0 saturated carbocycles. The number of amides is 1. The van der Waals surface area contributed by atoms with E-state index in [-0.39, 0.29) is 11.4 Å². The Bertz CT molecular complexity index is 1150. The van der Waals surface area contributed by atoms with Crippen LogP contribution in [-0.2, 0) is 4.79 Å². The van der Waals surface area contributed by atoms with Crippen LogP contribution in [-0.4, -0.2) is 10.5 Å². The lowest BCUT2D eigenvalue weighted by Gasteiger charge is -2.10. The summed E-state index contributed by atoms with van der Waals surface area (Å²) in [7, 11) is 0. The highest BCUT2D eigenvalue weighted by Gasteiger charge is 2.15. The van der Waals surface area contributed by atoms with E-state index in [2.05, 4.69) is 5.32 Å². The number of carbonyl (C=O) groups excluding carboxylic acids is 1. The Morgan fingerprint density at radius 2 is 1.86 bits per heavy atom. The second-order valence-corrected chi connectivity index (χ2v) is 7.08. The van der Waals surface area contributed by atoms with Gasteiger partial charge in [-0.1, -0.05) is 17.7 Å². The van der Waals surface area contributed by atoms with Crippen LogP contribution in [0.3, 0.4) is 0 Å². The average molecular weight is 408 g/mol. The van der Waals surface area contributed by atoms with Gasteiger partial charge in [-0.25, -0.2) is 4.39 Å².